The normalized spacial score (nSPS) is 20.5. The van der Waals surface area contributed by atoms with Crippen LogP contribution in [0.3, 0.4) is 0 Å². The number of rotatable bonds is 2. The van der Waals surface area contributed by atoms with Crippen LogP contribution in [-0.4, -0.2) is 13.6 Å². The minimum atomic E-state index is 0.786. The summed E-state index contributed by atoms with van der Waals surface area (Å²) >= 11 is 0. The van der Waals surface area contributed by atoms with Gasteiger partial charge in [-0.1, -0.05) is 12.1 Å². The number of nitrogens with one attached hydrogen (secondary N) is 1. The molecule has 1 aromatic carbocycles. The van der Waals surface area contributed by atoms with Crippen LogP contribution in [-0.2, 0) is 12.8 Å². The van der Waals surface area contributed by atoms with E-state index in [1.165, 1.54) is 24.0 Å². The molecule has 0 heterocycles. The van der Waals surface area contributed by atoms with E-state index in [1.54, 1.807) is 0 Å². The van der Waals surface area contributed by atoms with Crippen molar-refractivity contribution < 1.29 is 0 Å². The molecular formula is C12H18N2. The molecule has 1 unspecified atom stereocenters. The third kappa shape index (κ3) is 1.75. The summed E-state index contributed by atoms with van der Waals surface area (Å²) in [5.41, 5.74) is 9.77. The molecule has 0 aromatic heterocycles. The van der Waals surface area contributed by atoms with Crippen molar-refractivity contribution in [3.05, 3.63) is 29.3 Å². The van der Waals surface area contributed by atoms with Crippen LogP contribution in [0.5, 0.6) is 0 Å². The molecule has 0 bridgehead atoms. The van der Waals surface area contributed by atoms with Crippen molar-refractivity contribution in [3.8, 4) is 0 Å². The van der Waals surface area contributed by atoms with Gasteiger partial charge in [-0.3, -0.25) is 0 Å². The van der Waals surface area contributed by atoms with E-state index < -0.39 is 0 Å². The molecule has 76 valence electrons. The van der Waals surface area contributed by atoms with Crippen LogP contribution in [0.2, 0.25) is 0 Å². The molecule has 2 nitrogen and oxygen atoms in total. The molecule has 14 heavy (non-hydrogen) atoms. The van der Waals surface area contributed by atoms with Gasteiger partial charge in [0, 0.05) is 5.69 Å². The Kier molecular flexibility index (Phi) is 2.73. The minimum Gasteiger partial charge on any atom is -0.398 e. The van der Waals surface area contributed by atoms with Crippen molar-refractivity contribution in [1.29, 1.82) is 0 Å². The SMILES string of the molecule is CNCC1CCc2c(N)cccc2C1. The maximum atomic E-state index is 5.95. The van der Waals surface area contributed by atoms with Crippen molar-refractivity contribution >= 4 is 5.69 Å². The van der Waals surface area contributed by atoms with E-state index in [4.69, 9.17) is 5.73 Å². The van der Waals surface area contributed by atoms with E-state index in [9.17, 15) is 0 Å². The third-order valence-corrected chi connectivity index (χ3v) is 3.11. The van der Waals surface area contributed by atoms with Crippen LogP contribution < -0.4 is 11.1 Å². The first-order valence-electron chi connectivity index (χ1n) is 5.32. The van der Waals surface area contributed by atoms with E-state index in [-0.39, 0.29) is 0 Å². The maximum Gasteiger partial charge on any atom is 0.0349 e. The molecule has 0 spiro atoms. The van der Waals surface area contributed by atoms with E-state index in [0.29, 0.717) is 0 Å². The summed E-state index contributed by atoms with van der Waals surface area (Å²) < 4.78 is 0. The molecular weight excluding hydrogens is 172 g/mol. The first-order chi connectivity index (χ1) is 6.81. The fourth-order valence-corrected chi connectivity index (χ4v) is 2.38. The van der Waals surface area contributed by atoms with Gasteiger partial charge >= 0.3 is 0 Å². The Bertz CT molecular complexity index is 320. The van der Waals surface area contributed by atoms with Gasteiger partial charge in [-0.25, -0.2) is 0 Å². The van der Waals surface area contributed by atoms with Crippen molar-refractivity contribution in [2.24, 2.45) is 5.92 Å². The predicted octanol–water partition coefficient (Wildman–Crippen LogP) is 1.59. The van der Waals surface area contributed by atoms with Gasteiger partial charge in [0.25, 0.3) is 0 Å². The van der Waals surface area contributed by atoms with Crippen LogP contribution in [0.25, 0.3) is 0 Å². The maximum absolute atomic E-state index is 5.95. The number of nitrogen functional groups attached to an aromatic ring is 1. The Balaban J connectivity index is 2.18. The third-order valence-electron chi connectivity index (χ3n) is 3.11. The molecule has 1 atom stereocenters. The van der Waals surface area contributed by atoms with Crippen molar-refractivity contribution in [2.75, 3.05) is 19.3 Å². The summed E-state index contributed by atoms with van der Waals surface area (Å²) in [5, 5.41) is 3.25. The van der Waals surface area contributed by atoms with Gasteiger partial charge in [0.2, 0.25) is 0 Å². The highest BCUT2D eigenvalue weighted by Gasteiger charge is 2.18. The smallest absolute Gasteiger partial charge is 0.0349 e. The zero-order valence-electron chi connectivity index (χ0n) is 8.72. The van der Waals surface area contributed by atoms with Gasteiger partial charge < -0.3 is 11.1 Å². The van der Waals surface area contributed by atoms with Gasteiger partial charge in [0.05, 0.1) is 0 Å². The summed E-state index contributed by atoms with van der Waals surface area (Å²) in [6.07, 6.45) is 3.59. The zero-order chi connectivity index (χ0) is 9.97. The van der Waals surface area contributed by atoms with Gasteiger partial charge in [-0.05, 0) is 56.0 Å². The lowest BCUT2D eigenvalue weighted by atomic mass is 9.83. The Labute approximate surface area is 85.5 Å². The summed E-state index contributed by atoms with van der Waals surface area (Å²) in [4.78, 5) is 0. The number of benzene rings is 1. The lowest BCUT2D eigenvalue weighted by Gasteiger charge is -2.25. The van der Waals surface area contributed by atoms with Gasteiger partial charge in [0.1, 0.15) is 0 Å². The average Bonchev–Trinajstić information content (AvgIpc) is 2.18. The second-order valence-corrected chi connectivity index (χ2v) is 4.15. The molecule has 0 fully saturated rings. The zero-order valence-corrected chi connectivity index (χ0v) is 8.72. The van der Waals surface area contributed by atoms with Crippen LogP contribution in [0.1, 0.15) is 17.5 Å². The molecule has 0 saturated heterocycles. The van der Waals surface area contributed by atoms with Crippen LogP contribution in [0.15, 0.2) is 18.2 Å². The molecule has 1 aromatic rings. The number of anilines is 1. The Morgan fingerprint density at radius 2 is 2.36 bits per heavy atom. The summed E-state index contributed by atoms with van der Waals surface area (Å²) in [7, 11) is 2.02. The topological polar surface area (TPSA) is 38.0 Å². The first kappa shape index (κ1) is 9.53. The van der Waals surface area contributed by atoms with Crippen molar-refractivity contribution in [2.45, 2.75) is 19.3 Å². The lowest BCUT2D eigenvalue weighted by Crippen LogP contribution is -2.25. The molecule has 0 radical (unpaired) electrons. The number of hydrogen-bond donors (Lipinski definition) is 2. The van der Waals surface area contributed by atoms with E-state index in [0.717, 1.165) is 24.6 Å². The van der Waals surface area contributed by atoms with E-state index in [1.807, 2.05) is 13.1 Å². The predicted molar refractivity (Wildman–Crippen MR) is 60.3 cm³/mol. The quantitative estimate of drug-likeness (QED) is 0.695. The first-order valence-corrected chi connectivity index (χ1v) is 5.32. The molecule has 0 amide bonds. The second-order valence-electron chi connectivity index (χ2n) is 4.15. The van der Waals surface area contributed by atoms with E-state index in [2.05, 4.69) is 17.4 Å². The van der Waals surface area contributed by atoms with Crippen molar-refractivity contribution in [1.82, 2.24) is 5.32 Å². The van der Waals surface area contributed by atoms with Gasteiger partial charge in [-0.15, -0.1) is 0 Å². The van der Waals surface area contributed by atoms with Gasteiger partial charge in [0.15, 0.2) is 0 Å². The number of fused-ring (bicyclic) bond motifs is 1. The second kappa shape index (κ2) is 4.01. The molecule has 2 heteroatoms. The fraction of sp³-hybridized carbons (Fsp3) is 0.500. The largest absolute Gasteiger partial charge is 0.398 e. The van der Waals surface area contributed by atoms with Crippen LogP contribution in [0.4, 0.5) is 5.69 Å². The monoisotopic (exact) mass is 190 g/mol. The van der Waals surface area contributed by atoms with Crippen LogP contribution in [0, 0.1) is 5.92 Å². The van der Waals surface area contributed by atoms with Crippen LogP contribution >= 0.6 is 0 Å². The highest BCUT2D eigenvalue weighted by molar-refractivity contribution is 5.52. The summed E-state index contributed by atoms with van der Waals surface area (Å²) in [5.74, 6) is 0.786. The average molecular weight is 190 g/mol. The molecule has 1 aliphatic carbocycles. The standard InChI is InChI=1S/C12H18N2/c1-14-8-9-5-6-11-10(7-9)3-2-4-12(11)13/h2-4,9,14H,5-8,13H2,1H3. The van der Waals surface area contributed by atoms with Gasteiger partial charge in [-0.2, -0.15) is 0 Å². The molecule has 0 aliphatic heterocycles. The lowest BCUT2D eigenvalue weighted by molar-refractivity contribution is 0.441. The molecule has 1 aliphatic rings. The molecule has 3 N–H and O–H groups in total. The molecule has 2 rings (SSSR count). The summed E-state index contributed by atoms with van der Waals surface area (Å²) in [6, 6.07) is 6.29. The Hall–Kier alpha value is -1.02. The Morgan fingerprint density at radius 1 is 1.50 bits per heavy atom. The number of nitrogens with two attached hydrogens (primary N) is 1. The highest BCUT2D eigenvalue weighted by Crippen LogP contribution is 2.28. The number of hydrogen-bond acceptors (Lipinski definition) is 2. The summed E-state index contributed by atoms with van der Waals surface area (Å²) in [6.45, 7) is 1.12. The Morgan fingerprint density at radius 3 is 3.14 bits per heavy atom. The fourth-order valence-electron chi connectivity index (χ4n) is 2.38. The van der Waals surface area contributed by atoms with Crippen molar-refractivity contribution in [3.63, 3.8) is 0 Å². The molecule has 0 saturated carbocycles. The highest BCUT2D eigenvalue weighted by atomic mass is 14.8. The van der Waals surface area contributed by atoms with E-state index >= 15 is 0 Å². The minimum absolute atomic E-state index is 0.786.